The van der Waals surface area contributed by atoms with Crippen molar-refractivity contribution < 1.29 is 9.59 Å². The Morgan fingerprint density at radius 3 is 2.59 bits per heavy atom. The van der Waals surface area contributed by atoms with Gasteiger partial charge in [0.2, 0.25) is 6.41 Å². The van der Waals surface area contributed by atoms with Crippen LogP contribution in [0.4, 0.5) is 0 Å². The van der Waals surface area contributed by atoms with Gasteiger partial charge in [0, 0.05) is 5.56 Å². The van der Waals surface area contributed by atoms with Gasteiger partial charge in [0.15, 0.2) is 5.78 Å². The van der Waals surface area contributed by atoms with Crippen molar-refractivity contribution in [2.75, 3.05) is 6.54 Å². The maximum Gasteiger partial charge on any atom is 0.210 e. The van der Waals surface area contributed by atoms with Crippen LogP contribution in [0.5, 0.6) is 0 Å². The molecule has 0 aliphatic heterocycles. The van der Waals surface area contributed by atoms with Gasteiger partial charge in [-0.3, -0.25) is 9.59 Å². The lowest BCUT2D eigenvalue weighted by Crippen LogP contribution is -2.34. The highest BCUT2D eigenvalue weighted by Crippen LogP contribution is 2.33. The van der Waals surface area contributed by atoms with Crippen LogP contribution in [0, 0.1) is 0 Å². The molecule has 1 aliphatic carbocycles. The summed E-state index contributed by atoms with van der Waals surface area (Å²) >= 11 is 0. The van der Waals surface area contributed by atoms with E-state index >= 15 is 0 Å². The molecule has 2 aromatic rings. The number of amides is 1. The third-order valence-corrected chi connectivity index (χ3v) is 4.30. The molecule has 3 heteroatoms. The summed E-state index contributed by atoms with van der Waals surface area (Å²) in [6.07, 6.45) is 3.82. The molecule has 3 nitrogen and oxygen atoms in total. The van der Waals surface area contributed by atoms with Crippen LogP contribution in [0.25, 0.3) is 0 Å². The van der Waals surface area contributed by atoms with Gasteiger partial charge in [0.25, 0.3) is 0 Å². The third kappa shape index (κ3) is 2.93. The van der Waals surface area contributed by atoms with E-state index in [0.717, 1.165) is 25.7 Å². The Bertz CT molecular complexity index is 666. The second-order valence-electron chi connectivity index (χ2n) is 5.67. The second kappa shape index (κ2) is 6.56. The van der Waals surface area contributed by atoms with Crippen LogP contribution in [0.3, 0.4) is 0 Å². The van der Waals surface area contributed by atoms with Crippen molar-refractivity contribution in [1.82, 2.24) is 4.90 Å². The van der Waals surface area contributed by atoms with Crippen LogP contribution in [0.15, 0.2) is 54.6 Å². The first-order valence-electron chi connectivity index (χ1n) is 7.66. The zero-order chi connectivity index (χ0) is 15.4. The van der Waals surface area contributed by atoms with Crippen molar-refractivity contribution in [3.8, 4) is 0 Å². The average Bonchev–Trinajstić information content (AvgIpc) is 2.60. The van der Waals surface area contributed by atoms with Gasteiger partial charge in [0.1, 0.15) is 0 Å². The maximum atomic E-state index is 12.4. The van der Waals surface area contributed by atoms with Crippen molar-refractivity contribution >= 4 is 12.2 Å². The van der Waals surface area contributed by atoms with Gasteiger partial charge in [-0.1, -0.05) is 54.6 Å². The zero-order valence-corrected chi connectivity index (χ0v) is 12.4. The van der Waals surface area contributed by atoms with E-state index in [-0.39, 0.29) is 18.4 Å². The summed E-state index contributed by atoms with van der Waals surface area (Å²) in [4.78, 5) is 25.6. The first kappa shape index (κ1) is 14.5. The van der Waals surface area contributed by atoms with Crippen molar-refractivity contribution in [1.29, 1.82) is 0 Å². The third-order valence-electron chi connectivity index (χ3n) is 4.30. The van der Waals surface area contributed by atoms with E-state index in [4.69, 9.17) is 0 Å². The number of fused-ring (bicyclic) bond motifs is 1. The van der Waals surface area contributed by atoms with E-state index in [1.165, 1.54) is 11.1 Å². The fourth-order valence-electron chi connectivity index (χ4n) is 3.17. The maximum absolute atomic E-state index is 12.4. The monoisotopic (exact) mass is 293 g/mol. The van der Waals surface area contributed by atoms with Crippen molar-refractivity contribution in [3.05, 3.63) is 71.3 Å². The summed E-state index contributed by atoms with van der Waals surface area (Å²) in [5, 5.41) is 0. The van der Waals surface area contributed by atoms with E-state index in [2.05, 4.69) is 12.1 Å². The van der Waals surface area contributed by atoms with Crippen LogP contribution in [0.2, 0.25) is 0 Å². The van der Waals surface area contributed by atoms with Crippen LogP contribution in [0.1, 0.15) is 40.4 Å². The molecular weight excluding hydrogens is 274 g/mol. The lowest BCUT2D eigenvalue weighted by atomic mass is 9.87. The van der Waals surface area contributed by atoms with Crippen LogP contribution in [-0.4, -0.2) is 23.6 Å². The zero-order valence-electron chi connectivity index (χ0n) is 12.4. The average molecular weight is 293 g/mol. The molecule has 1 atom stereocenters. The van der Waals surface area contributed by atoms with Gasteiger partial charge in [-0.05, 0) is 30.4 Å². The fraction of sp³-hybridized carbons (Fsp3) is 0.263. The number of carbonyl (C=O) groups excluding carboxylic acids is 2. The normalized spacial score (nSPS) is 16.6. The fourth-order valence-corrected chi connectivity index (χ4v) is 3.17. The number of rotatable bonds is 5. The Balaban J connectivity index is 1.81. The number of Topliss-reactive ketones (excluding diaryl/α,β-unsaturated/α-hetero) is 1. The molecule has 0 radical (unpaired) electrons. The standard InChI is InChI=1S/C19H19NO2/c21-14-20(13-19(22)16-8-2-1-3-9-16)18-12-6-10-15-7-4-5-11-17(15)18/h1-5,7-9,11,14,18H,6,10,12-13H2. The summed E-state index contributed by atoms with van der Waals surface area (Å²) in [5.41, 5.74) is 3.12. The summed E-state index contributed by atoms with van der Waals surface area (Å²) in [6.45, 7) is 0.131. The number of hydrogen-bond acceptors (Lipinski definition) is 2. The number of ketones is 1. The number of aryl methyl sites for hydroxylation is 1. The Hall–Kier alpha value is -2.42. The molecule has 3 rings (SSSR count). The number of benzene rings is 2. The van der Waals surface area contributed by atoms with Gasteiger partial charge in [-0.15, -0.1) is 0 Å². The van der Waals surface area contributed by atoms with Crippen molar-refractivity contribution in [3.63, 3.8) is 0 Å². The molecule has 0 saturated heterocycles. The van der Waals surface area contributed by atoms with E-state index in [1.807, 2.05) is 30.3 Å². The second-order valence-corrected chi connectivity index (χ2v) is 5.67. The van der Waals surface area contributed by atoms with E-state index in [9.17, 15) is 9.59 Å². The van der Waals surface area contributed by atoms with Crippen LogP contribution < -0.4 is 0 Å². The molecule has 112 valence electrons. The number of hydrogen-bond donors (Lipinski definition) is 0. The summed E-state index contributed by atoms with van der Waals surface area (Å²) in [5.74, 6) is -0.0178. The minimum absolute atomic E-state index is 0.00936. The van der Waals surface area contributed by atoms with Crippen LogP contribution in [-0.2, 0) is 11.2 Å². The minimum atomic E-state index is -0.0178. The molecule has 1 amide bonds. The van der Waals surface area contributed by atoms with Gasteiger partial charge in [-0.2, -0.15) is 0 Å². The number of carbonyl (C=O) groups is 2. The molecule has 0 bridgehead atoms. The molecule has 0 spiro atoms. The molecule has 1 aliphatic rings. The molecule has 22 heavy (non-hydrogen) atoms. The van der Waals surface area contributed by atoms with E-state index in [1.54, 1.807) is 17.0 Å². The topological polar surface area (TPSA) is 37.4 Å². The highest BCUT2D eigenvalue weighted by Gasteiger charge is 2.26. The predicted octanol–water partition coefficient (Wildman–Crippen LogP) is 3.41. The predicted molar refractivity (Wildman–Crippen MR) is 85.7 cm³/mol. The quantitative estimate of drug-likeness (QED) is 0.626. The molecule has 2 aromatic carbocycles. The molecule has 0 aromatic heterocycles. The lowest BCUT2D eigenvalue weighted by Gasteiger charge is -2.33. The molecule has 0 heterocycles. The summed E-state index contributed by atoms with van der Waals surface area (Å²) in [7, 11) is 0. The SMILES string of the molecule is O=CN(CC(=O)c1ccccc1)C1CCCc2ccccc21. The lowest BCUT2D eigenvalue weighted by molar-refractivity contribution is -0.120. The molecule has 1 unspecified atom stereocenters. The molecule has 0 fully saturated rings. The Morgan fingerprint density at radius 2 is 1.82 bits per heavy atom. The van der Waals surface area contributed by atoms with E-state index < -0.39 is 0 Å². The smallest absolute Gasteiger partial charge is 0.210 e. The summed E-state index contributed by atoms with van der Waals surface area (Å²) in [6, 6.07) is 17.4. The highest BCUT2D eigenvalue weighted by molar-refractivity contribution is 5.98. The van der Waals surface area contributed by atoms with E-state index in [0.29, 0.717) is 5.56 Å². The van der Waals surface area contributed by atoms with Gasteiger partial charge in [0.05, 0.1) is 12.6 Å². The Kier molecular flexibility index (Phi) is 4.33. The largest absolute Gasteiger partial charge is 0.331 e. The molecular formula is C19H19NO2. The molecule has 0 saturated carbocycles. The Labute approximate surface area is 130 Å². The van der Waals surface area contributed by atoms with Gasteiger partial charge >= 0.3 is 0 Å². The highest BCUT2D eigenvalue weighted by atomic mass is 16.1. The van der Waals surface area contributed by atoms with Crippen LogP contribution >= 0.6 is 0 Å². The number of nitrogens with zero attached hydrogens (tertiary/aromatic N) is 1. The van der Waals surface area contributed by atoms with Gasteiger partial charge in [-0.25, -0.2) is 0 Å². The first-order valence-corrected chi connectivity index (χ1v) is 7.66. The minimum Gasteiger partial charge on any atom is -0.331 e. The molecule has 0 N–H and O–H groups in total. The Morgan fingerprint density at radius 1 is 1.09 bits per heavy atom. The first-order chi connectivity index (χ1) is 10.8. The van der Waals surface area contributed by atoms with Crippen molar-refractivity contribution in [2.45, 2.75) is 25.3 Å². The van der Waals surface area contributed by atoms with Crippen molar-refractivity contribution in [2.24, 2.45) is 0 Å². The van der Waals surface area contributed by atoms with Gasteiger partial charge < -0.3 is 4.90 Å². The summed E-state index contributed by atoms with van der Waals surface area (Å²) < 4.78 is 0.